The molecule has 0 aromatic carbocycles. The molecule has 0 unspecified atom stereocenters. The first-order chi connectivity index (χ1) is 9.93. The Bertz CT molecular complexity index is 836. The molecule has 0 saturated carbocycles. The zero-order valence-electron chi connectivity index (χ0n) is 10.4. The highest BCUT2D eigenvalue weighted by Gasteiger charge is 2.30. The number of halogens is 3. The van der Waals surface area contributed by atoms with Gasteiger partial charge in [0.05, 0.1) is 11.1 Å². The first-order valence-electron chi connectivity index (χ1n) is 5.92. The Labute approximate surface area is 120 Å². The van der Waals surface area contributed by atoms with Crippen molar-refractivity contribution in [3.63, 3.8) is 0 Å². The van der Waals surface area contributed by atoms with Gasteiger partial charge in [-0.05, 0) is 23.6 Å². The van der Waals surface area contributed by atoms with Crippen molar-refractivity contribution in [3.8, 4) is 0 Å². The Balaban J connectivity index is 1.90. The fraction of sp³-hybridized carbons (Fsp3) is 0.154. The van der Waals surface area contributed by atoms with Crippen LogP contribution in [-0.4, -0.2) is 15.0 Å². The number of pyridine rings is 1. The predicted octanol–water partition coefficient (Wildman–Crippen LogP) is 2.99. The largest absolute Gasteiger partial charge is 0.417 e. The van der Waals surface area contributed by atoms with Crippen LogP contribution in [0.1, 0.15) is 17.1 Å². The molecule has 3 aromatic rings. The van der Waals surface area contributed by atoms with Crippen LogP contribution >= 0.6 is 11.3 Å². The minimum Gasteiger partial charge on any atom is -0.309 e. The number of aromatic nitrogens is 3. The molecule has 0 aliphatic rings. The molecule has 1 N–H and O–H groups in total. The number of rotatable bonds is 2. The number of thiophene rings is 1. The fourth-order valence-corrected chi connectivity index (χ4v) is 2.60. The zero-order valence-corrected chi connectivity index (χ0v) is 11.3. The second-order valence-electron chi connectivity index (χ2n) is 4.36. The van der Waals surface area contributed by atoms with Crippen LogP contribution in [0.5, 0.6) is 0 Å². The molecule has 8 heteroatoms. The van der Waals surface area contributed by atoms with Crippen LogP contribution in [0.4, 0.5) is 13.2 Å². The lowest BCUT2D eigenvalue weighted by Gasteiger charge is -2.06. The molecule has 0 amide bonds. The summed E-state index contributed by atoms with van der Waals surface area (Å²) >= 11 is 1.29. The highest BCUT2D eigenvalue weighted by atomic mass is 32.1. The van der Waals surface area contributed by atoms with E-state index >= 15 is 0 Å². The number of fused-ring (bicyclic) bond motifs is 1. The average Bonchev–Trinajstić information content (AvgIpc) is 2.87. The maximum Gasteiger partial charge on any atom is 0.417 e. The summed E-state index contributed by atoms with van der Waals surface area (Å²) in [6, 6.07) is 3.96. The number of aromatic amines is 1. The summed E-state index contributed by atoms with van der Waals surface area (Å²) in [4.78, 5) is 22.4. The highest BCUT2D eigenvalue weighted by molar-refractivity contribution is 7.17. The predicted molar refractivity (Wildman–Crippen MR) is 72.3 cm³/mol. The first kappa shape index (κ1) is 13.7. The summed E-state index contributed by atoms with van der Waals surface area (Å²) in [6.07, 6.45) is -3.47. The molecule has 0 radical (unpaired) electrons. The second-order valence-corrected chi connectivity index (χ2v) is 5.28. The summed E-state index contributed by atoms with van der Waals surface area (Å²) in [7, 11) is 0. The quantitative estimate of drug-likeness (QED) is 0.791. The van der Waals surface area contributed by atoms with Gasteiger partial charge in [0, 0.05) is 18.3 Å². The number of H-pyrrole nitrogens is 1. The van der Waals surface area contributed by atoms with Gasteiger partial charge in [-0.2, -0.15) is 13.2 Å². The molecule has 0 spiro atoms. The second kappa shape index (κ2) is 4.96. The number of alkyl halides is 3. The van der Waals surface area contributed by atoms with E-state index < -0.39 is 11.7 Å². The molecule has 4 nitrogen and oxygen atoms in total. The summed E-state index contributed by atoms with van der Waals surface area (Å²) < 4.78 is 37.8. The topological polar surface area (TPSA) is 58.6 Å². The lowest BCUT2D eigenvalue weighted by molar-refractivity contribution is -0.137. The number of hydrogen-bond acceptors (Lipinski definition) is 4. The molecular weight excluding hydrogens is 303 g/mol. The Morgan fingerprint density at radius 1 is 1.24 bits per heavy atom. The van der Waals surface area contributed by atoms with Crippen LogP contribution in [0, 0.1) is 0 Å². The van der Waals surface area contributed by atoms with Gasteiger partial charge in [0.15, 0.2) is 0 Å². The zero-order chi connectivity index (χ0) is 15.0. The molecule has 0 saturated heterocycles. The van der Waals surface area contributed by atoms with E-state index in [0.717, 1.165) is 12.3 Å². The van der Waals surface area contributed by atoms with E-state index in [9.17, 15) is 18.0 Å². The summed E-state index contributed by atoms with van der Waals surface area (Å²) in [5.74, 6) is 0.373. The third-order valence-corrected chi connectivity index (χ3v) is 3.77. The number of nitrogens with one attached hydrogen (secondary N) is 1. The molecule has 3 rings (SSSR count). The van der Waals surface area contributed by atoms with Crippen molar-refractivity contribution in [2.24, 2.45) is 0 Å². The van der Waals surface area contributed by atoms with Crippen LogP contribution in [0.3, 0.4) is 0 Å². The van der Waals surface area contributed by atoms with Crippen molar-refractivity contribution in [3.05, 3.63) is 57.2 Å². The lowest BCUT2D eigenvalue weighted by Crippen LogP contribution is -2.11. The van der Waals surface area contributed by atoms with Crippen LogP contribution in [0.25, 0.3) is 10.2 Å². The molecule has 0 fully saturated rings. The maximum absolute atomic E-state index is 12.4. The normalized spacial score (nSPS) is 12.0. The van der Waals surface area contributed by atoms with Crippen molar-refractivity contribution < 1.29 is 13.2 Å². The van der Waals surface area contributed by atoms with E-state index in [-0.39, 0.29) is 12.0 Å². The standard InChI is InChI=1S/C13H8F3N3OS/c14-13(15,16)7-1-2-8(17-6-7)5-10-18-9-3-4-21-11(9)12(20)19-10/h1-4,6H,5H2,(H,18,19,20). The van der Waals surface area contributed by atoms with E-state index in [4.69, 9.17) is 0 Å². The minimum atomic E-state index is -4.41. The lowest BCUT2D eigenvalue weighted by atomic mass is 10.2. The van der Waals surface area contributed by atoms with Crippen molar-refractivity contribution in [1.82, 2.24) is 15.0 Å². The Kier molecular flexibility index (Phi) is 3.25. The molecule has 3 aromatic heterocycles. The molecule has 0 atom stereocenters. The van der Waals surface area contributed by atoms with Gasteiger partial charge in [0.25, 0.3) is 5.56 Å². The van der Waals surface area contributed by atoms with Gasteiger partial charge in [-0.1, -0.05) is 0 Å². The van der Waals surface area contributed by atoms with Gasteiger partial charge < -0.3 is 4.98 Å². The Morgan fingerprint density at radius 2 is 2.05 bits per heavy atom. The first-order valence-corrected chi connectivity index (χ1v) is 6.80. The molecule has 0 bridgehead atoms. The maximum atomic E-state index is 12.4. The molecule has 21 heavy (non-hydrogen) atoms. The Morgan fingerprint density at radius 3 is 2.71 bits per heavy atom. The third-order valence-electron chi connectivity index (χ3n) is 2.86. The molecule has 0 aliphatic heterocycles. The fourth-order valence-electron chi connectivity index (χ4n) is 1.87. The van der Waals surface area contributed by atoms with Crippen LogP contribution < -0.4 is 5.56 Å². The average molecular weight is 311 g/mol. The van der Waals surface area contributed by atoms with E-state index in [1.54, 1.807) is 11.4 Å². The molecule has 3 heterocycles. The van der Waals surface area contributed by atoms with Gasteiger partial charge in [-0.3, -0.25) is 9.78 Å². The van der Waals surface area contributed by atoms with Crippen molar-refractivity contribution >= 4 is 21.6 Å². The SMILES string of the molecule is O=c1[nH]c(Cc2ccc(C(F)(F)F)cn2)nc2ccsc12. The number of hydrogen-bond donors (Lipinski definition) is 1. The monoisotopic (exact) mass is 311 g/mol. The molecule has 108 valence electrons. The minimum absolute atomic E-state index is 0.166. The van der Waals surface area contributed by atoms with Crippen molar-refractivity contribution in [2.75, 3.05) is 0 Å². The highest BCUT2D eigenvalue weighted by Crippen LogP contribution is 2.28. The van der Waals surface area contributed by atoms with Gasteiger partial charge in [-0.25, -0.2) is 4.98 Å². The van der Waals surface area contributed by atoms with Crippen LogP contribution in [0.15, 0.2) is 34.6 Å². The Hall–Kier alpha value is -2.22. The van der Waals surface area contributed by atoms with Crippen molar-refractivity contribution in [2.45, 2.75) is 12.6 Å². The van der Waals surface area contributed by atoms with Crippen molar-refractivity contribution in [1.29, 1.82) is 0 Å². The summed E-state index contributed by atoms with van der Waals surface area (Å²) in [6.45, 7) is 0. The summed E-state index contributed by atoms with van der Waals surface area (Å²) in [5, 5.41) is 1.76. The third kappa shape index (κ3) is 2.80. The summed E-state index contributed by atoms with van der Waals surface area (Å²) in [5.41, 5.74) is -0.0794. The van der Waals surface area contributed by atoms with E-state index in [1.807, 2.05) is 0 Å². The van der Waals surface area contributed by atoms with Gasteiger partial charge in [0.2, 0.25) is 0 Å². The van der Waals surface area contributed by atoms with Crippen LogP contribution in [0.2, 0.25) is 0 Å². The van der Waals surface area contributed by atoms with E-state index in [0.29, 0.717) is 21.7 Å². The van der Waals surface area contributed by atoms with E-state index in [1.165, 1.54) is 17.4 Å². The van der Waals surface area contributed by atoms with Gasteiger partial charge in [0.1, 0.15) is 10.5 Å². The van der Waals surface area contributed by atoms with Gasteiger partial charge >= 0.3 is 6.18 Å². The number of nitrogens with zero attached hydrogens (tertiary/aromatic N) is 2. The smallest absolute Gasteiger partial charge is 0.309 e. The van der Waals surface area contributed by atoms with E-state index in [2.05, 4.69) is 15.0 Å². The van der Waals surface area contributed by atoms with Gasteiger partial charge in [-0.15, -0.1) is 11.3 Å². The molecule has 0 aliphatic carbocycles. The van der Waals surface area contributed by atoms with Crippen LogP contribution in [-0.2, 0) is 12.6 Å². The molecular formula is C13H8F3N3OS.